The SMILES string of the molecule is COc1ccc(CNCc2nc3cc(Cl)c4c(c3o2)C2(CCCCC2)NC(=O)N4)c(OC)c1. The van der Waals surface area contributed by atoms with E-state index in [2.05, 4.69) is 20.9 Å². The number of amides is 2. The Morgan fingerprint density at radius 2 is 1.97 bits per heavy atom. The summed E-state index contributed by atoms with van der Waals surface area (Å²) in [7, 11) is 3.27. The second kappa shape index (κ2) is 8.76. The quantitative estimate of drug-likeness (QED) is 0.464. The maximum Gasteiger partial charge on any atom is 0.319 e. The van der Waals surface area contributed by atoms with E-state index >= 15 is 0 Å². The lowest BCUT2D eigenvalue weighted by Gasteiger charge is -2.42. The normalized spacial score (nSPS) is 16.9. The minimum atomic E-state index is -0.472. The van der Waals surface area contributed by atoms with Crippen LogP contribution in [0.25, 0.3) is 11.1 Å². The number of carbonyl (C=O) groups excluding carboxylic acids is 1. The van der Waals surface area contributed by atoms with Crippen LogP contribution in [0.15, 0.2) is 28.7 Å². The summed E-state index contributed by atoms with van der Waals surface area (Å²) in [6.07, 6.45) is 4.95. The second-order valence-electron chi connectivity index (χ2n) is 8.57. The van der Waals surface area contributed by atoms with Crippen LogP contribution in [0.3, 0.4) is 0 Å². The van der Waals surface area contributed by atoms with Crippen LogP contribution in [-0.2, 0) is 18.6 Å². The number of hydrogen-bond acceptors (Lipinski definition) is 6. The largest absolute Gasteiger partial charge is 0.497 e. The maximum absolute atomic E-state index is 12.4. The molecule has 2 aliphatic rings. The molecule has 0 bridgehead atoms. The molecule has 2 amide bonds. The number of rotatable bonds is 6. The van der Waals surface area contributed by atoms with Crippen molar-refractivity contribution in [3.05, 3.63) is 46.3 Å². The van der Waals surface area contributed by atoms with Gasteiger partial charge in [0.1, 0.15) is 17.0 Å². The fourth-order valence-corrected chi connectivity index (χ4v) is 5.24. The number of hydrogen-bond donors (Lipinski definition) is 3. The summed E-state index contributed by atoms with van der Waals surface area (Å²) >= 11 is 6.58. The molecule has 0 saturated heterocycles. The standard InChI is InChI=1S/C24H27ClN4O4/c1-31-15-7-6-14(18(10-15)32-2)12-26-13-19-27-17-11-16(25)21-20(22(17)33-19)24(29-23(30)28-21)8-4-3-5-9-24/h6-7,10-11,26H,3-5,8-9,12-13H2,1-2H3,(H2,28,29,30). The number of oxazole rings is 1. The zero-order valence-corrected chi connectivity index (χ0v) is 19.5. The zero-order valence-electron chi connectivity index (χ0n) is 18.7. The van der Waals surface area contributed by atoms with E-state index in [9.17, 15) is 4.79 Å². The van der Waals surface area contributed by atoms with Crippen molar-refractivity contribution in [2.75, 3.05) is 19.5 Å². The predicted molar refractivity (Wildman–Crippen MR) is 126 cm³/mol. The summed E-state index contributed by atoms with van der Waals surface area (Å²) in [5, 5.41) is 9.89. The lowest BCUT2D eigenvalue weighted by Crippen LogP contribution is -2.52. The van der Waals surface area contributed by atoms with Crippen LogP contribution in [0.4, 0.5) is 10.5 Å². The third-order valence-corrected chi connectivity index (χ3v) is 6.84. The van der Waals surface area contributed by atoms with Crippen molar-refractivity contribution in [2.24, 2.45) is 0 Å². The molecular formula is C24H27ClN4O4. The number of benzene rings is 2. The van der Waals surface area contributed by atoms with Crippen molar-refractivity contribution in [3.8, 4) is 11.5 Å². The predicted octanol–water partition coefficient (Wildman–Crippen LogP) is 5.08. The number of halogens is 1. The number of methoxy groups -OCH3 is 2. The van der Waals surface area contributed by atoms with Crippen molar-refractivity contribution in [2.45, 2.75) is 50.7 Å². The number of anilines is 1. The highest BCUT2D eigenvalue weighted by atomic mass is 35.5. The fourth-order valence-electron chi connectivity index (χ4n) is 4.99. The fraction of sp³-hybridized carbons (Fsp3) is 0.417. The molecule has 1 spiro atoms. The van der Waals surface area contributed by atoms with Crippen LogP contribution in [0.5, 0.6) is 11.5 Å². The number of ether oxygens (including phenoxy) is 2. The zero-order chi connectivity index (χ0) is 23.0. The van der Waals surface area contributed by atoms with Gasteiger partial charge in [-0.1, -0.05) is 36.9 Å². The van der Waals surface area contributed by atoms with E-state index in [0.29, 0.717) is 40.8 Å². The molecule has 33 heavy (non-hydrogen) atoms. The molecule has 1 aromatic heterocycles. The topological polar surface area (TPSA) is 97.7 Å². The van der Waals surface area contributed by atoms with Gasteiger partial charge < -0.3 is 29.8 Å². The van der Waals surface area contributed by atoms with Gasteiger partial charge in [-0.15, -0.1) is 0 Å². The molecule has 9 heteroatoms. The monoisotopic (exact) mass is 470 g/mol. The molecule has 1 fully saturated rings. The summed E-state index contributed by atoms with van der Waals surface area (Å²) in [6, 6.07) is 7.26. The van der Waals surface area contributed by atoms with Gasteiger partial charge in [-0.3, -0.25) is 0 Å². The van der Waals surface area contributed by atoms with Crippen molar-refractivity contribution >= 4 is 34.4 Å². The average molecular weight is 471 g/mol. The first-order valence-electron chi connectivity index (χ1n) is 11.2. The number of carbonyl (C=O) groups is 1. The molecule has 0 unspecified atom stereocenters. The minimum Gasteiger partial charge on any atom is -0.497 e. The third-order valence-electron chi connectivity index (χ3n) is 6.54. The summed E-state index contributed by atoms with van der Waals surface area (Å²) in [6.45, 7) is 1.01. The lowest BCUT2D eigenvalue weighted by atomic mass is 9.74. The summed E-state index contributed by atoms with van der Waals surface area (Å²) in [5.74, 6) is 2.06. The number of nitrogens with one attached hydrogen (secondary N) is 3. The Morgan fingerprint density at radius 3 is 2.73 bits per heavy atom. The molecule has 0 atom stereocenters. The van der Waals surface area contributed by atoms with E-state index < -0.39 is 5.54 Å². The van der Waals surface area contributed by atoms with Crippen LogP contribution in [0.2, 0.25) is 5.02 Å². The van der Waals surface area contributed by atoms with Crippen molar-refractivity contribution in [1.29, 1.82) is 0 Å². The second-order valence-corrected chi connectivity index (χ2v) is 8.97. The molecule has 1 saturated carbocycles. The molecular weight excluding hydrogens is 444 g/mol. The first-order valence-corrected chi connectivity index (χ1v) is 11.5. The highest BCUT2D eigenvalue weighted by molar-refractivity contribution is 6.35. The Hall–Kier alpha value is -2.97. The Balaban J connectivity index is 1.43. The van der Waals surface area contributed by atoms with E-state index in [1.807, 2.05) is 18.2 Å². The van der Waals surface area contributed by atoms with Crippen molar-refractivity contribution < 1.29 is 18.7 Å². The first-order chi connectivity index (χ1) is 16.0. The summed E-state index contributed by atoms with van der Waals surface area (Å²) < 4.78 is 17.0. The Morgan fingerprint density at radius 1 is 1.15 bits per heavy atom. The molecule has 3 aromatic rings. The van der Waals surface area contributed by atoms with Crippen LogP contribution >= 0.6 is 11.6 Å². The molecule has 2 aromatic carbocycles. The van der Waals surface area contributed by atoms with Crippen molar-refractivity contribution in [3.63, 3.8) is 0 Å². The van der Waals surface area contributed by atoms with E-state index in [0.717, 1.165) is 54.7 Å². The van der Waals surface area contributed by atoms with Gasteiger partial charge in [0, 0.05) is 23.7 Å². The Labute approximate surface area is 197 Å². The number of aromatic nitrogens is 1. The molecule has 3 N–H and O–H groups in total. The van der Waals surface area contributed by atoms with Gasteiger partial charge in [0.25, 0.3) is 0 Å². The molecule has 174 valence electrons. The number of fused-ring (bicyclic) bond motifs is 4. The van der Waals surface area contributed by atoms with Gasteiger partial charge in [-0.2, -0.15) is 0 Å². The van der Waals surface area contributed by atoms with Gasteiger partial charge >= 0.3 is 6.03 Å². The molecule has 8 nitrogen and oxygen atoms in total. The van der Waals surface area contributed by atoms with Gasteiger partial charge in [-0.25, -0.2) is 9.78 Å². The molecule has 1 aliphatic carbocycles. The van der Waals surface area contributed by atoms with Gasteiger partial charge in [-0.05, 0) is 25.0 Å². The van der Waals surface area contributed by atoms with E-state index in [1.165, 1.54) is 0 Å². The van der Waals surface area contributed by atoms with E-state index in [-0.39, 0.29) is 6.03 Å². The van der Waals surface area contributed by atoms with Gasteiger partial charge in [0.15, 0.2) is 5.58 Å². The highest BCUT2D eigenvalue weighted by Crippen LogP contribution is 2.48. The summed E-state index contributed by atoms with van der Waals surface area (Å²) in [5.41, 5.74) is 3.46. The average Bonchev–Trinajstić information content (AvgIpc) is 3.21. The first kappa shape index (κ1) is 21.9. The van der Waals surface area contributed by atoms with Crippen LogP contribution in [0.1, 0.15) is 49.1 Å². The van der Waals surface area contributed by atoms with Crippen molar-refractivity contribution in [1.82, 2.24) is 15.6 Å². The van der Waals surface area contributed by atoms with Crippen LogP contribution < -0.4 is 25.4 Å². The lowest BCUT2D eigenvalue weighted by molar-refractivity contribution is 0.209. The minimum absolute atomic E-state index is 0.222. The molecule has 0 radical (unpaired) electrons. The molecule has 5 rings (SSSR count). The smallest absolute Gasteiger partial charge is 0.319 e. The maximum atomic E-state index is 12.4. The highest BCUT2D eigenvalue weighted by Gasteiger charge is 2.44. The molecule has 2 heterocycles. The number of nitrogens with zero attached hydrogens (tertiary/aromatic N) is 1. The van der Waals surface area contributed by atoms with Gasteiger partial charge in [0.2, 0.25) is 5.89 Å². The Bertz CT molecular complexity index is 1200. The molecule has 1 aliphatic heterocycles. The summed E-state index contributed by atoms with van der Waals surface area (Å²) in [4.78, 5) is 17.1. The van der Waals surface area contributed by atoms with E-state index in [4.69, 9.17) is 25.5 Å². The van der Waals surface area contributed by atoms with Gasteiger partial charge in [0.05, 0.1) is 37.0 Å². The number of urea groups is 1. The van der Waals surface area contributed by atoms with E-state index in [1.54, 1.807) is 20.3 Å². The Kier molecular flexibility index (Phi) is 5.80. The van der Waals surface area contributed by atoms with Crippen LogP contribution in [-0.4, -0.2) is 25.2 Å². The van der Waals surface area contributed by atoms with Crippen LogP contribution in [0, 0.1) is 0 Å². The third kappa shape index (κ3) is 3.98.